The van der Waals surface area contributed by atoms with Gasteiger partial charge < -0.3 is 4.74 Å². The predicted octanol–water partition coefficient (Wildman–Crippen LogP) is 7.21. The summed E-state index contributed by atoms with van der Waals surface area (Å²) in [7, 11) is 1.46. The van der Waals surface area contributed by atoms with Crippen molar-refractivity contribution in [3.63, 3.8) is 0 Å². The number of carbonyl (C=O) groups excluding carboxylic acids is 1. The minimum Gasteiger partial charge on any atom is -0.469 e. The van der Waals surface area contributed by atoms with Gasteiger partial charge in [0, 0.05) is 0 Å². The molecule has 0 saturated heterocycles. The van der Waals surface area contributed by atoms with Gasteiger partial charge in [-0.05, 0) is 42.4 Å². The molecule has 0 saturated carbocycles. The van der Waals surface area contributed by atoms with Crippen LogP contribution in [0.2, 0.25) is 0 Å². The van der Waals surface area contributed by atoms with E-state index in [0.717, 1.165) is 12.0 Å². The Bertz CT molecular complexity index is 507. The van der Waals surface area contributed by atoms with Gasteiger partial charge in [-0.25, -0.2) is 0 Å². The molecule has 1 rings (SSSR count). The van der Waals surface area contributed by atoms with Crippen LogP contribution in [0.3, 0.4) is 0 Å². The van der Waals surface area contributed by atoms with E-state index >= 15 is 0 Å². The van der Waals surface area contributed by atoms with E-state index in [1.165, 1.54) is 102 Å². The second-order valence-corrected chi connectivity index (χ2v) is 7.89. The number of benzene rings is 1. The molecule has 0 atom stereocenters. The number of aryl methyl sites for hydroxylation is 2. The molecule has 0 unspecified atom stereocenters. The number of hydrogen-bond donors (Lipinski definition) is 0. The highest BCUT2D eigenvalue weighted by Crippen LogP contribution is 2.20. The van der Waals surface area contributed by atoms with E-state index in [2.05, 4.69) is 32.0 Å². The van der Waals surface area contributed by atoms with Crippen LogP contribution in [-0.4, -0.2) is 13.1 Å². The van der Waals surface area contributed by atoms with Gasteiger partial charge in [0.15, 0.2) is 0 Å². The zero-order chi connectivity index (χ0) is 19.7. The molecule has 2 nitrogen and oxygen atoms in total. The van der Waals surface area contributed by atoms with Crippen molar-refractivity contribution in [2.24, 2.45) is 0 Å². The van der Waals surface area contributed by atoms with Gasteiger partial charge in [-0.15, -0.1) is 0 Å². The van der Waals surface area contributed by atoms with Crippen LogP contribution in [-0.2, 0) is 28.8 Å². The van der Waals surface area contributed by atoms with Crippen LogP contribution in [0.25, 0.3) is 0 Å². The van der Waals surface area contributed by atoms with E-state index in [9.17, 15) is 4.79 Å². The van der Waals surface area contributed by atoms with Crippen LogP contribution in [0.4, 0.5) is 0 Å². The number of unbranched alkanes of at least 4 members (excludes halogenated alkanes) is 10. The van der Waals surface area contributed by atoms with Crippen molar-refractivity contribution in [3.05, 3.63) is 34.9 Å². The molecule has 0 radical (unpaired) electrons. The van der Waals surface area contributed by atoms with E-state index < -0.39 is 0 Å². The first-order valence-corrected chi connectivity index (χ1v) is 11.4. The Balaban J connectivity index is 2.56. The van der Waals surface area contributed by atoms with Gasteiger partial charge in [0.25, 0.3) is 0 Å². The molecule has 0 bridgehead atoms. The monoisotopic (exact) mass is 374 g/mol. The summed E-state index contributed by atoms with van der Waals surface area (Å²) in [5.74, 6) is -0.149. The zero-order valence-electron chi connectivity index (χ0n) is 18.2. The normalized spacial score (nSPS) is 10.9. The molecule has 0 amide bonds. The highest BCUT2D eigenvalue weighted by Gasteiger charge is 2.08. The summed E-state index contributed by atoms with van der Waals surface area (Å²) < 4.78 is 4.83. The van der Waals surface area contributed by atoms with Crippen molar-refractivity contribution in [3.8, 4) is 0 Å². The standard InChI is InChI=1S/C25H42O2/c1-4-6-8-10-12-14-16-23-19-18-22(21-25(26)27-3)20-24(23)17-15-13-11-9-7-5-2/h18-20H,4-17,21H2,1-3H3. The number of carbonyl (C=O) groups is 1. The molecular weight excluding hydrogens is 332 g/mol. The molecule has 0 fully saturated rings. The average molecular weight is 375 g/mol. The molecule has 0 N–H and O–H groups in total. The van der Waals surface area contributed by atoms with Crippen LogP contribution in [0, 0.1) is 0 Å². The highest BCUT2D eigenvalue weighted by molar-refractivity contribution is 5.72. The van der Waals surface area contributed by atoms with Crippen LogP contribution in [0.5, 0.6) is 0 Å². The molecule has 0 aliphatic heterocycles. The maximum Gasteiger partial charge on any atom is 0.309 e. The SMILES string of the molecule is CCCCCCCCc1ccc(CC(=O)OC)cc1CCCCCCCC. The molecule has 0 aliphatic rings. The van der Waals surface area contributed by atoms with Gasteiger partial charge in [0.1, 0.15) is 0 Å². The Morgan fingerprint density at radius 3 is 1.81 bits per heavy atom. The van der Waals surface area contributed by atoms with Gasteiger partial charge in [0.2, 0.25) is 0 Å². The van der Waals surface area contributed by atoms with E-state index in [1.807, 2.05) is 0 Å². The summed E-state index contributed by atoms with van der Waals surface area (Å²) in [5.41, 5.74) is 4.04. The summed E-state index contributed by atoms with van der Waals surface area (Å²) in [6.07, 6.45) is 18.7. The maximum atomic E-state index is 11.6. The smallest absolute Gasteiger partial charge is 0.309 e. The number of rotatable bonds is 16. The van der Waals surface area contributed by atoms with Gasteiger partial charge in [-0.3, -0.25) is 4.79 Å². The molecule has 0 spiro atoms. The van der Waals surface area contributed by atoms with Crippen LogP contribution in [0.1, 0.15) is 108 Å². The molecule has 1 aromatic carbocycles. The van der Waals surface area contributed by atoms with Crippen molar-refractivity contribution in [2.45, 2.75) is 110 Å². The fourth-order valence-corrected chi connectivity index (χ4v) is 3.70. The lowest BCUT2D eigenvalue weighted by Gasteiger charge is -2.12. The van der Waals surface area contributed by atoms with Crippen molar-refractivity contribution < 1.29 is 9.53 Å². The van der Waals surface area contributed by atoms with Crippen LogP contribution < -0.4 is 0 Å². The molecule has 0 heterocycles. The molecule has 0 aromatic heterocycles. The first-order chi connectivity index (χ1) is 13.2. The Morgan fingerprint density at radius 2 is 1.26 bits per heavy atom. The Labute approximate surface area is 168 Å². The van der Waals surface area contributed by atoms with Crippen LogP contribution >= 0.6 is 0 Å². The van der Waals surface area contributed by atoms with E-state index in [-0.39, 0.29) is 5.97 Å². The third-order valence-electron chi connectivity index (χ3n) is 5.45. The number of esters is 1. The van der Waals surface area contributed by atoms with Crippen LogP contribution in [0.15, 0.2) is 18.2 Å². The fourth-order valence-electron chi connectivity index (χ4n) is 3.70. The van der Waals surface area contributed by atoms with Crippen molar-refractivity contribution in [1.29, 1.82) is 0 Å². The van der Waals surface area contributed by atoms with Crippen molar-refractivity contribution in [2.75, 3.05) is 7.11 Å². The van der Waals surface area contributed by atoms with Crippen molar-refractivity contribution >= 4 is 5.97 Å². The van der Waals surface area contributed by atoms with Gasteiger partial charge in [0.05, 0.1) is 13.5 Å². The fraction of sp³-hybridized carbons (Fsp3) is 0.720. The summed E-state index contributed by atoms with van der Waals surface area (Å²) in [5, 5.41) is 0. The molecule has 0 aliphatic carbocycles. The highest BCUT2D eigenvalue weighted by atomic mass is 16.5. The second-order valence-electron chi connectivity index (χ2n) is 7.89. The third-order valence-corrected chi connectivity index (χ3v) is 5.45. The average Bonchev–Trinajstić information content (AvgIpc) is 2.68. The zero-order valence-corrected chi connectivity index (χ0v) is 18.2. The summed E-state index contributed by atoms with van der Waals surface area (Å²) in [6, 6.07) is 6.64. The van der Waals surface area contributed by atoms with Gasteiger partial charge in [-0.2, -0.15) is 0 Å². The summed E-state index contributed by atoms with van der Waals surface area (Å²) >= 11 is 0. The molecule has 154 valence electrons. The van der Waals surface area contributed by atoms with Crippen molar-refractivity contribution in [1.82, 2.24) is 0 Å². The number of ether oxygens (including phenoxy) is 1. The largest absolute Gasteiger partial charge is 0.469 e. The third kappa shape index (κ3) is 11.2. The summed E-state index contributed by atoms with van der Waals surface area (Å²) in [4.78, 5) is 11.6. The lowest BCUT2D eigenvalue weighted by molar-refractivity contribution is -0.139. The lowest BCUT2D eigenvalue weighted by Crippen LogP contribution is -2.06. The topological polar surface area (TPSA) is 26.3 Å². The van der Waals surface area contributed by atoms with Gasteiger partial charge in [-0.1, -0.05) is 96.3 Å². The molecular formula is C25H42O2. The first-order valence-electron chi connectivity index (χ1n) is 11.4. The van der Waals surface area contributed by atoms with E-state index in [0.29, 0.717) is 6.42 Å². The Hall–Kier alpha value is -1.31. The minimum absolute atomic E-state index is 0.149. The molecule has 1 aromatic rings. The number of methoxy groups -OCH3 is 1. The minimum atomic E-state index is -0.149. The predicted molar refractivity (Wildman–Crippen MR) is 116 cm³/mol. The Morgan fingerprint density at radius 1 is 0.741 bits per heavy atom. The van der Waals surface area contributed by atoms with Gasteiger partial charge >= 0.3 is 5.97 Å². The molecule has 2 heteroatoms. The quantitative estimate of drug-likeness (QED) is 0.226. The lowest BCUT2D eigenvalue weighted by atomic mass is 9.94. The first kappa shape index (κ1) is 23.7. The second kappa shape index (κ2) is 15.7. The maximum absolute atomic E-state index is 11.6. The number of hydrogen-bond acceptors (Lipinski definition) is 2. The molecule has 27 heavy (non-hydrogen) atoms. The van der Waals surface area contributed by atoms with E-state index in [1.54, 1.807) is 0 Å². The van der Waals surface area contributed by atoms with E-state index in [4.69, 9.17) is 4.74 Å². The Kier molecular flexibility index (Phi) is 13.8. The summed E-state index contributed by atoms with van der Waals surface area (Å²) in [6.45, 7) is 4.53.